The van der Waals surface area contributed by atoms with Gasteiger partial charge in [-0.1, -0.05) is 0 Å². The minimum atomic E-state index is -3.78. The molecule has 8 heteroatoms. The molecule has 0 aliphatic carbocycles. The van der Waals surface area contributed by atoms with Gasteiger partial charge in [-0.05, 0) is 23.7 Å². The highest BCUT2D eigenvalue weighted by Crippen LogP contribution is 2.30. The molecular weight excluding hydrogens is 222 g/mol. The van der Waals surface area contributed by atoms with E-state index in [0.717, 1.165) is 0 Å². The van der Waals surface area contributed by atoms with Crippen molar-refractivity contribution in [3.05, 3.63) is 11.7 Å². The Morgan fingerprint density at radius 3 is 2.79 bits per heavy atom. The predicted molar refractivity (Wildman–Crippen MR) is 40.0 cm³/mol. The Balaban J connectivity index is 2.83. The second-order valence-electron chi connectivity index (χ2n) is 2.14. The van der Waals surface area contributed by atoms with E-state index in [9.17, 15) is 13.6 Å². The van der Waals surface area contributed by atoms with E-state index in [0.29, 0.717) is 0 Å². The monoisotopic (exact) mass is 226 g/mol. The minimum Gasteiger partial charge on any atom is -0.460 e. The van der Waals surface area contributed by atoms with Gasteiger partial charge in [-0.2, -0.15) is 13.8 Å². The number of rotatable bonds is 3. The Labute approximate surface area is 82.0 Å². The van der Waals surface area contributed by atoms with E-state index in [1.54, 1.807) is 6.92 Å². The fraction of sp³-hybridized carbons (Fsp3) is 0.500. The number of hydrogen-bond acceptors (Lipinski definition) is 5. The maximum Gasteiger partial charge on any atom is 0.400 e. The normalized spacial score (nSPS) is 11.4. The lowest BCUT2D eigenvalue weighted by molar-refractivity contribution is 0.0504. The lowest BCUT2D eigenvalue weighted by atomic mass is 10.6. The van der Waals surface area contributed by atoms with Crippen LogP contribution in [0.25, 0.3) is 0 Å². The van der Waals surface area contributed by atoms with Gasteiger partial charge in [0.15, 0.2) is 0 Å². The smallest absolute Gasteiger partial charge is 0.400 e. The zero-order valence-electron chi connectivity index (χ0n) is 6.96. The molecule has 1 aromatic heterocycles. The van der Waals surface area contributed by atoms with Crippen LogP contribution in [0.15, 0.2) is 4.52 Å². The Morgan fingerprint density at radius 2 is 2.36 bits per heavy atom. The Kier molecular flexibility index (Phi) is 3.00. The molecule has 0 N–H and O–H groups in total. The van der Waals surface area contributed by atoms with Gasteiger partial charge in [0.1, 0.15) is 0 Å². The first-order valence-electron chi connectivity index (χ1n) is 3.53. The SMILES string of the molecule is CCOC(=O)c1noc(C(F)(F)Cl)n1. The summed E-state index contributed by atoms with van der Waals surface area (Å²) in [6.07, 6.45) is 0. The first kappa shape index (κ1) is 10.8. The van der Waals surface area contributed by atoms with Crippen LogP contribution in [0.5, 0.6) is 0 Å². The number of halogens is 3. The van der Waals surface area contributed by atoms with Crippen LogP contribution in [-0.2, 0) is 10.1 Å². The zero-order chi connectivity index (χ0) is 10.8. The van der Waals surface area contributed by atoms with Gasteiger partial charge in [-0.25, -0.2) is 4.79 Å². The van der Waals surface area contributed by atoms with Gasteiger partial charge in [-0.15, -0.1) is 0 Å². The number of nitrogens with zero attached hydrogens (tertiary/aromatic N) is 2. The largest absolute Gasteiger partial charge is 0.460 e. The van der Waals surface area contributed by atoms with Crippen LogP contribution >= 0.6 is 11.6 Å². The summed E-state index contributed by atoms with van der Waals surface area (Å²) >= 11 is 4.57. The molecule has 1 aromatic rings. The van der Waals surface area contributed by atoms with E-state index >= 15 is 0 Å². The Bertz CT molecular complexity index is 336. The quantitative estimate of drug-likeness (QED) is 0.578. The van der Waals surface area contributed by atoms with E-state index in [-0.39, 0.29) is 6.61 Å². The first-order chi connectivity index (χ1) is 6.45. The molecule has 0 atom stereocenters. The average molecular weight is 227 g/mol. The summed E-state index contributed by atoms with van der Waals surface area (Å²) in [4.78, 5) is 14.0. The molecule has 0 aliphatic heterocycles. The Morgan fingerprint density at radius 1 is 1.71 bits per heavy atom. The van der Waals surface area contributed by atoms with Gasteiger partial charge in [0.2, 0.25) is 0 Å². The standard InChI is InChI=1S/C6H5ClF2N2O3/c1-2-13-4(12)3-10-5(14-11-3)6(7,8)9/h2H2,1H3. The maximum atomic E-state index is 12.3. The van der Waals surface area contributed by atoms with Crippen molar-refractivity contribution in [3.63, 3.8) is 0 Å². The Hall–Kier alpha value is -1.24. The third-order valence-electron chi connectivity index (χ3n) is 1.13. The summed E-state index contributed by atoms with van der Waals surface area (Å²) in [5.41, 5.74) is 0. The lowest BCUT2D eigenvalue weighted by Crippen LogP contribution is -2.08. The van der Waals surface area contributed by atoms with Crippen LogP contribution in [0, 0.1) is 0 Å². The second kappa shape index (κ2) is 3.87. The van der Waals surface area contributed by atoms with Crippen LogP contribution in [0.4, 0.5) is 8.78 Å². The third kappa shape index (κ3) is 2.38. The molecule has 0 amide bonds. The van der Waals surface area contributed by atoms with Crippen molar-refractivity contribution in [1.82, 2.24) is 10.1 Å². The van der Waals surface area contributed by atoms with Crippen LogP contribution in [-0.4, -0.2) is 22.7 Å². The molecule has 0 radical (unpaired) electrons. The summed E-state index contributed by atoms with van der Waals surface area (Å²) < 4.78 is 33.2. The molecule has 5 nitrogen and oxygen atoms in total. The van der Waals surface area contributed by atoms with Gasteiger partial charge in [0.05, 0.1) is 6.61 Å². The highest BCUT2D eigenvalue weighted by Gasteiger charge is 2.36. The number of aromatic nitrogens is 2. The van der Waals surface area contributed by atoms with E-state index in [1.165, 1.54) is 0 Å². The molecule has 0 bridgehead atoms. The summed E-state index contributed by atoms with van der Waals surface area (Å²) in [6.45, 7) is 1.63. The molecule has 0 saturated carbocycles. The average Bonchev–Trinajstić information content (AvgIpc) is 2.51. The maximum absolute atomic E-state index is 12.3. The number of alkyl halides is 3. The molecule has 0 spiro atoms. The molecular formula is C6H5ClF2N2O3. The summed E-state index contributed by atoms with van der Waals surface area (Å²) in [5.74, 6) is -2.66. The minimum absolute atomic E-state index is 0.0833. The molecule has 0 saturated heterocycles. The van der Waals surface area contributed by atoms with Crippen molar-refractivity contribution >= 4 is 17.6 Å². The summed E-state index contributed by atoms with van der Waals surface area (Å²) in [7, 11) is 0. The highest BCUT2D eigenvalue weighted by molar-refractivity contribution is 6.21. The summed E-state index contributed by atoms with van der Waals surface area (Å²) in [6, 6.07) is 0. The molecule has 78 valence electrons. The predicted octanol–water partition coefficient (Wildman–Crippen LogP) is 1.53. The van der Waals surface area contributed by atoms with Crippen molar-refractivity contribution < 1.29 is 22.8 Å². The topological polar surface area (TPSA) is 65.2 Å². The molecule has 14 heavy (non-hydrogen) atoms. The zero-order valence-corrected chi connectivity index (χ0v) is 7.72. The van der Waals surface area contributed by atoms with E-state index in [2.05, 4.69) is 31.0 Å². The van der Waals surface area contributed by atoms with Crippen molar-refractivity contribution in [2.24, 2.45) is 0 Å². The van der Waals surface area contributed by atoms with Crippen LogP contribution < -0.4 is 0 Å². The van der Waals surface area contributed by atoms with Crippen molar-refractivity contribution in [3.8, 4) is 0 Å². The fourth-order valence-corrected chi connectivity index (χ4v) is 0.694. The molecule has 0 fully saturated rings. The van der Waals surface area contributed by atoms with Crippen LogP contribution in [0.1, 0.15) is 23.4 Å². The van der Waals surface area contributed by atoms with Gasteiger partial charge in [0, 0.05) is 0 Å². The van der Waals surface area contributed by atoms with E-state index < -0.39 is 23.1 Å². The van der Waals surface area contributed by atoms with Gasteiger partial charge < -0.3 is 9.26 Å². The number of esters is 1. The molecule has 1 heterocycles. The van der Waals surface area contributed by atoms with Crippen LogP contribution in [0.3, 0.4) is 0 Å². The highest BCUT2D eigenvalue weighted by atomic mass is 35.5. The first-order valence-corrected chi connectivity index (χ1v) is 3.91. The van der Waals surface area contributed by atoms with Crippen molar-refractivity contribution in [2.45, 2.75) is 12.3 Å². The van der Waals surface area contributed by atoms with E-state index in [4.69, 9.17) is 0 Å². The van der Waals surface area contributed by atoms with Crippen molar-refractivity contribution in [1.29, 1.82) is 0 Å². The van der Waals surface area contributed by atoms with Gasteiger partial charge in [-0.3, -0.25) is 0 Å². The number of ether oxygens (including phenoxy) is 1. The number of hydrogen-bond donors (Lipinski definition) is 0. The third-order valence-corrected chi connectivity index (χ3v) is 1.29. The summed E-state index contributed by atoms with van der Waals surface area (Å²) in [5, 5.41) is -0.804. The molecule has 0 aliphatic rings. The van der Waals surface area contributed by atoms with E-state index in [1.807, 2.05) is 0 Å². The molecule has 1 rings (SSSR count). The molecule has 0 unspecified atom stereocenters. The number of carbonyl (C=O) groups excluding carboxylic acids is 1. The fourth-order valence-electron chi connectivity index (χ4n) is 0.617. The lowest BCUT2D eigenvalue weighted by Gasteiger charge is -1.97. The van der Waals surface area contributed by atoms with Gasteiger partial charge >= 0.3 is 17.2 Å². The second-order valence-corrected chi connectivity index (χ2v) is 2.62. The molecule has 0 aromatic carbocycles. The number of carbonyl (C=O) groups is 1. The van der Waals surface area contributed by atoms with Crippen molar-refractivity contribution in [2.75, 3.05) is 6.61 Å². The van der Waals surface area contributed by atoms with Gasteiger partial charge in [0.25, 0.3) is 5.82 Å². The van der Waals surface area contributed by atoms with Crippen LogP contribution in [0.2, 0.25) is 0 Å².